The van der Waals surface area contributed by atoms with Crippen molar-refractivity contribution in [2.75, 3.05) is 14.2 Å². The molecule has 0 spiro atoms. The first-order chi connectivity index (χ1) is 12.2. The summed E-state index contributed by atoms with van der Waals surface area (Å²) in [4.78, 5) is 11.1. The number of hydrogen-bond acceptors (Lipinski definition) is 4. The minimum Gasteiger partial charge on any atom is -0.497 e. The molecule has 3 aromatic rings. The van der Waals surface area contributed by atoms with Crippen LogP contribution in [-0.4, -0.2) is 30.3 Å². The molecule has 0 saturated heterocycles. The number of carbonyl (C=O) groups excluding carboxylic acids is 1. The highest BCUT2D eigenvalue weighted by Gasteiger charge is 2.09. The Hall–Kier alpha value is -3.34. The molecule has 0 atom stereocenters. The van der Waals surface area contributed by atoms with Crippen molar-refractivity contribution in [3.8, 4) is 22.8 Å². The predicted octanol–water partition coefficient (Wildman–Crippen LogP) is 3.66. The van der Waals surface area contributed by atoms with Crippen molar-refractivity contribution in [1.29, 1.82) is 0 Å². The Morgan fingerprint density at radius 3 is 2.44 bits per heavy atom. The largest absolute Gasteiger partial charge is 0.497 e. The van der Waals surface area contributed by atoms with Gasteiger partial charge in [-0.3, -0.25) is 4.79 Å². The van der Waals surface area contributed by atoms with Gasteiger partial charge >= 0.3 is 0 Å². The van der Waals surface area contributed by atoms with E-state index < -0.39 is 0 Å². The molecule has 0 fully saturated rings. The number of benzene rings is 2. The van der Waals surface area contributed by atoms with Crippen molar-refractivity contribution < 1.29 is 14.3 Å². The van der Waals surface area contributed by atoms with Gasteiger partial charge in [0.2, 0.25) is 0 Å². The van der Waals surface area contributed by atoms with Crippen LogP contribution < -0.4 is 9.47 Å². The number of methoxy groups -OCH3 is 2. The molecular weight excluding hydrogens is 316 g/mol. The lowest BCUT2D eigenvalue weighted by Gasteiger charge is -2.09. The fourth-order valence-corrected chi connectivity index (χ4v) is 2.55. The minimum absolute atomic E-state index is 0.669. The monoisotopic (exact) mass is 334 g/mol. The van der Waals surface area contributed by atoms with Gasteiger partial charge in [0, 0.05) is 23.4 Å². The molecule has 126 valence electrons. The Bertz CT molecular complexity index is 913. The summed E-state index contributed by atoms with van der Waals surface area (Å²) in [6.07, 6.45) is 4.06. The van der Waals surface area contributed by atoms with Gasteiger partial charge < -0.3 is 9.47 Å². The van der Waals surface area contributed by atoms with Crippen LogP contribution in [0.25, 0.3) is 17.0 Å². The lowest BCUT2D eigenvalue weighted by Crippen LogP contribution is -2.01. The fraction of sp³-hybridized carbons (Fsp3) is 0.100. The second kappa shape index (κ2) is 7.49. The number of rotatable bonds is 6. The quantitative estimate of drug-likeness (QED) is 0.510. The predicted molar refractivity (Wildman–Crippen MR) is 96.6 cm³/mol. The van der Waals surface area contributed by atoms with Crippen molar-refractivity contribution >= 4 is 12.0 Å². The third kappa shape index (κ3) is 3.61. The molecule has 0 saturated carbocycles. The lowest BCUT2D eigenvalue weighted by molar-refractivity contribution is -0.104. The fourth-order valence-electron chi connectivity index (χ4n) is 2.55. The second-order valence-corrected chi connectivity index (χ2v) is 5.30. The molecule has 0 aliphatic rings. The number of aromatic nitrogens is 2. The van der Waals surface area contributed by atoms with Crippen molar-refractivity contribution in [3.05, 3.63) is 72.4 Å². The van der Waals surface area contributed by atoms with Crippen LogP contribution >= 0.6 is 0 Å². The maximum absolute atomic E-state index is 11.1. The third-order valence-corrected chi connectivity index (χ3v) is 3.79. The number of ether oxygens (including phenoxy) is 2. The third-order valence-electron chi connectivity index (χ3n) is 3.79. The van der Waals surface area contributed by atoms with Crippen LogP contribution in [0.3, 0.4) is 0 Å². The highest BCUT2D eigenvalue weighted by molar-refractivity contribution is 5.82. The molecule has 0 N–H and O–H groups in total. The normalized spacial score (nSPS) is 11.2. The summed E-state index contributed by atoms with van der Waals surface area (Å²) in [5.41, 5.74) is 3.24. The SMILES string of the molecule is COc1cccc(/C(=C\C=O)n2ccc(-c3cccc(OC)c3)n2)c1. The average Bonchev–Trinajstić information content (AvgIpc) is 3.16. The van der Waals surface area contributed by atoms with E-state index in [1.807, 2.05) is 60.8 Å². The summed E-state index contributed by atoms with van der Waals surface area (Å²) < 4.78 is 12.2. The average molecular weight is 334 g/mol. The van der Waals surface area contributed by atoms with Gasteiger partial charge in [0.05, 0.1) is 25.6 Å². The number of allylic oxidation sites excluding steroid dienone is 1. The maximum Gasteiger partial charge on any atom is 0.145 e. The molecule has 2 aromatic carbocycles. The van der Waals surface area contributed by atoms with Gasteiger partial charge in [-0.15, -0.1) is 0 Å². The van der Waals surface area contributed by atoms with Crippen LogP contribution in [0.15, 0.2) is 66.9 Å². The molecular formula is C20H18N2O3. The smallest absolute Gasteiger partial charge is 0.145 e. The van der Waals surface area contributed by atoms with Crippen LogP contribution in [0.5, 0.6) is 11.5 Å². The molecule has 3 rings (SSSR count). The van der Waals surface area contributed by atoms with Crippen LogP contribution in [-0.2, 0) is 4.79 Å². The molecule has 1 heterocycles. The molecule has 0 unspecified atom stereocenters. The maximum atomic E-state index is 11.1. The molecule has 0 aliphatic heterocycles. The highest BCUT2D eigenvalue weighted by atomic mass is 16.5. The van der Waals surface area contributed by atoms with E-state index in [2.05, 4.69) is 5.10 Å². The second-order valence-electron chi connectivity index (χ2n) is 5.30. The van der Waals surface area contributed by atoms with Crippen molar-refractivity contribution in [2.24, 2.45) is 0 Å². The number of carbonyl (C=O) groups is 1. The van der Waals surface area contributed by atoms with Gasteiger partial charge in [0.25, 0.3) is 0 Å². The molecule has 5 nitrogen and oxygen atoms in total. The van der Waals surface area contributed by atoms with E-state index in [9.17, 15) is 4.79 Å². The van der Waals surface area contributed by atoms with Gasteiger partial charge in [-0.2, -0.15) is 5.10 Å². The van der Waals surface area contributed by atoms with Gasteiger partial charge in [-0.25, -0.2) is 4.68 Å². The van der Waals surface area contributed by atoms with E-state index in [0.29, 0.717) is 5.70 Å². The number of nitrogens with zero attached hydrogens (tertiary/aromatic N) is 2. The molecule has 0 radical (unpaired) electrons. The Labute approximate surface area is 146 Å². The molecule has 25 heavy (non-hydrogen) atoms. The van der Waals surface area contributed by atoms with Crippen LogP contribution in [0, 0.1) is 0 Å². The van der Waals surface area contributed by atoms with Gasteiger partial charge in [-0.1, -0.05) is 24.3 Å². The lowest BCUT2D eigenvalue weighted by atomic mass is 10.1. The first-order valence-corrected chi connectivity index (χ1v) is 7.75. The zero-order valence-electron chi connectivity index (χ0n) is 14.0. The summed E-state index contributed by atoms with van der Waals surface area (Å²) in [7, 11) is 3.24. The summed E-state index contributed by atoms with van der Waals surface area (Å²) in [5.74, 6) is 1.48. The van der Waals surface area contributed by atoms with E-state index in [1.165, 1.54) is 6.08 Å². The molecule has 0 amide bonds. The van der Waals surface area contributed by atoms with Crippen molar-refractivity contribution in [3.63, 3.8) is 0 Å². The molecule has 0 bridgehead atoms. The van der Waals surface area contributed by atoms with Crippen LogP contribution in [0.1, 0.15) is 5.56 Å². The summed E-state index contributed by atoms with van der Waals surface area (Å²) in [6.45, 7) is 0. The zero-order valence-corrected chi connectivity index (χ0v) is 14.0. The first-order valence-electron chi connectivity index (χ1n) is 7.75. The minimum atomic E-state index is 0.669. The Kier molecular flexibility index (Phi) is 4.95. The zero-order chi connectivity index (χ0) is 17.6. The summed E-state index contributed by atoms with van der Waals surface area (Å²) >= 11 is 0. The van der Waals surface area contributed by atoms with E-state index in [-0.39, 0.29) is 0 Å². The van der Waals surface area contributed by atoms with Crippen molar-refractivity contribution in [2.45, 2.75) is 0 Å². The van der Waals surface area contributed by atoms with Crippen LogP contribution in [0.2, 0.25) is 0 Å². The molecule has 0 aliphatic carbocycles. The summed E-state index contributed by atoms with van der Waals surface area (Å²) in [5, 5.41) is 4.60. The Morgan fingerprint density at radius 1 is 1.00 bits per heavy atom. The number of hydrogen-bond donors (Lipinski definition) is 0. The van der Waals surface area contributed by atoms with E-state index in [1.54, 1.807) is 18.9 Å². The Balaban J connectivity index is 2.00. The van der Waals surface area contributed by atoms with E-state index >= 15 is 0 Å². The van der Waals surface area contributed by atoms with Gasteiger partial charge in [0.1, 0.15) is 17.8 Å². The first kappa shape index (κ1) is 16.5. The Morgan fingerprint density at radius 2 is 1.72 bits per heavy atom. The summed E-state index contributed by atoms with van der Waals surface area (Å²) in [6, 6.07) is 17.1. The van der Waals surface area contributed by atoms with Crippen LogP contribution in [0.4, 0.5) is 0 Å². The number of aldehydes is 1. The molecule has 5 heteroatoms. The van der Waals surface area contributed by atoms with E-state index in [4.69, 9.17) is 9.47 Å². The van der Waals surface area contributed by atoms with Gasteiger partial charge in [-0.05, 0) is 30.3 Å². The van der Waals surface area contributed by atoms with Crippen molar-refractivity contribution in [1.82, 2.24) is 9.78 Å². The van der Waals surface area contributed by atoms with Gasteiger partial charge in [0.15, 0.2) is 0 Å². The van der Waals surface area contributed by atoms with E-state index in [0.717, 1.165) is 34.6 Å². The standard InChI is InChI=1S/C20H18N2O3/c1-24-17-7-3-5-15(13-17)19-9-11-22(21-19)20(10-12-23)16-6-4-8-18(14-16)25-2/h3-14H,1-2H3/b20-10+. The highest BCUT2D eigenvalue weighted by Crippen LogP contribution is 2.25. The molecule has 1 aromatic heterocycles. The topological polar surface area (TPSA) is 53.4 Å².